The van der Waals surface area contributed by atoms with Gasteiger partial charge in [-0.05, 0) is 54.0 Å². The fraction of sp³-hybridized carbons (Fsp3) is 0.294. The lowest BCUT2D eigenvalue weighted by molar-refractivity contribution is 0.0759. The molecule has 1 N–H and O–H groups in total. The standard InChI is InChI=1S/C17H17BrClNO/c1-17(2)10-15(12-5-3-4-6-16(12)21-17)20-11-7-8-14(19)13(18)9-11/h3-9,15,20H,10H2,1-2H3. The zero-order valence-corrected chi connectivity index (χ0v) is 14.3. The summed E-state index contributed by atoms with van der Waals surface area (Å²) in [5.41, 5.74) is 2.06. The first kappa shape index (κ1) is 14.7. The van der Waals surface area contributed by atoms with E-state index in [1.165, 1.54) is 5.56 Å². The van der Waals surface area contributed by atoms with Gasteiger partial charge in [0.1, 0.15) is 11.4 Å². The second kappa shape index (κ2) is 5.54. The highest BCUT2D eigenvalue weighted by Crippen LogP contribution is 2.41. The lowest BCUT2D eigenvalue weighted by atomic mass is 9.89. The van der Waals surface area contributed by atoms with E-state index in [1.807, 2.05) is 36.4 Å². The topological polar surface area (TPSA) is 21.3 Å². The molecule has 110 valence electrons. The van der Waals surface area contributed by atoms with Gasteiger partial charge in [-0.3, -0.25) is 0 Å². The van der Waals surface area contributed by atoms with Crippen LogP contribution in [0, 0.1) is 0 Å². The zero-order chi connectivity index (χ0) is 15.0. The van der Waals surface area contributed by atoms with Crippen molar-refractivity contribution in [1.29, 1.82) is 0 Å². The molecule has 1 heterocycles. The summed E-state index contributed by atoms with van der Waals surface area (Å²) < 4.78 is 6.96. The number of ether oxygens (including phenoxy) is 1. The quantitative estimate of drug-likeness (QED) is 0.723. The maximum Gasteiger partial charge on any atom is 0.125 e. The average molecular weight is 367 g/mol. The molecule has 0 bridgehead atoms. The number of fused-ring (bicyclic) bond motifs is 1. The number of rotatable bonds is 2. The molecule has 1 aliphatic heterocycles. The normalized spacial score (nSPS) is 19.5. The van der Waals surface area contributed by atoms with Crippen LogP contribution in [0.15, 0.2) is 46.9 Å². The Morgan fingerprint density at radius 1 is 1.24 bits per heavy atom. The van der Waals surface area contributed by atoms with Gasteiger partial charge in [0.25, 0.3) is 0 Å². The van der Waals surface area contributed by atoms with E-state index in [-0.39, 0.29) is 11.6 Å². The fourth-order valence-electron chi connectivity index (χ4n) is 2.72. The van der Waals surface area contributed by atoms with Gasteiger partial charge in [0.2, 0.25) is 0 Å². The van der Waals surface area contributed by atoms with Crippen LogP contribution in [0.1, 0.15) is 31.9 Å². The molecule has 1 aliphatic rings. The minimum absolute atomic E-state index is 0.185. The smallest absolute Gasteiger partial charge is 0.125 e. The van der Waals surface area contributed by atoms with Crippen LogP contribution in [0.3, 0.4) is 0 Å². The van der Waals surface area contributed by atoms with Gasteiger partial charge in [0.05, 0.1) is 11.1 Å². The lowest BCUT2D eigenvalue weighted by Crippen LogP contribution is -2.37. The number of anilines is 1. The van der Waals surface area contributed by atoms with E-state index < -0.39 is 0 Å². The van der Waals surface area contributed by atoms with E-state index in [4.69, 9.17) is 16.3 Å². The van der Waals surface area contributed by atoms with Gasteiger partial charge in [0, 0.05) is 22.1 Å². The summed E-state index contributed by atoms with van der Waals surface area (Å²) in [6.45, 7) is 4.24. The average Bonchev–Trinajstić information content (AvgIpc) is 2.42. The fourth-order valence-corrected chi connectivity index (χ4v) is 3.21. The highest BCUT2D eigenvalue weighted by atomic mass is 79.9. The van der Waals surface area contributed by atoms with Crippen molar-refractivity contribution in [3.8, 4) is 5.75 Å². The predicted molar refractivity (Wildman–Crippen MR) is 91.3 cm³/mol. The van der Waals surface area contributed by atoms with E-state index in [0.29, 0.717) is 5.02 Å². The Bertz CT molecular complexity index is 672. The number of halogens is 2. The van der Waals surface area contributed by atoms with Gasteiger partial charge in [-0.1, -0.05) is 29.8 Å². The van der Waals surface area contributed by atoms with Crippen molar-refractivity contribution in [3.63, 3.8) is 0 Å². The van der Waals surface area contributed by atoms with E-state index in [1.54, 1.807) is 0 Å². The van der Waals surface area contributed by atoms with Crippen molar-refractivity contribution in [2.45, 2.75) is 31.9 Å². The van der Waals surface area contributed by atoms with Crippen LogP contribution in [0.2, 0.25) is 5.02 Å². The third kappa shape index (κ3) is 3.19. The van der Waals surface area contributed by atoms with Crippen LogP contribution in [0.25, 0.3) is 0 Å². The Hall–Kier alpha value is -1.19. The Morgan fingerprint density at radius 3 is 2.76 bits per heavy atom. The molecule has 2 nitrogen and oxygen atoms in total. The molecule has 2 aromatic carbocycles. The van der Waals surface area contributed by atoms with Gasteiger partial charge in [0.15, 0.2) is 0 Å². The number of nitrogens with one attached hydrogen (secondary N) is 1. The number of hydrogen-bond donors (Lipinski definition) is 1. The summed E-state index contributed by atoms with van der Waals surface area (Å²) in [6, 6.07) is 14.3. The van der Waals surface area contributed by atoms with Gasteiger partial charge < -0.3 is 10.1 Å². The van der Waals surface area contributed by atoms with Crippen molar-refractivity contribution in [2.75, 3.05) is 5.32 Å². The maximum atomic E-state index is 6.06. The highest BCUT2D eigenvalue weighted by Gasteiger charge is 2.33. The molecule has 4 heteroatoms. The van der Waals surface area contributed by atoms with Gasteiger partial charge >= 0.3 is 0 Å². The SMILES string of the molecule is CC1(C)CC(Nc2ccc(Cl)c(Br)c2)c2ccccc2O1. The minimum Gasteiger partial charge on any atom is -0.487 e. The Kier molecular flexibility index (Phi) is 3.89. The van der Waals surface area contributed by atoms with Crippen molar-refractivity contribution in [3.05, 3.63) is 57.5 Å². The molecular formula is C17H17BrClNO. The highest BCUT2D eigenvalue weighted by molar-refractivity contribution is 9.10. The Balaban J connectivity index is 1.92. The first-order valence-electron chi connectivity index (χ1n) is 6.94. The molecule has 3 rings (SSSR count). The second-order valence-electron chi connectivity index (χ2n) is 5.93. The molecule has 0 aliphatic carbocycles. The third-order valence-corrected chi connectivity index (χ3v) is 4.85. The molecular weight excluding hydrogens is 350 g/mol. The summed E-state index contributed by atoms with van der Waals surface area (Å²) in [5, 5.41) is 4.31. The summed E-state index contributed by atoms with van der Waals surface area (Å²) in [5.74, 6) is 0.958. The zero-order valence-electron chi connectivity index (χ0n) is 12.0. The maximum absolute atomic E-state index is 6.06. The molecule has 0 saturated carbocycles. The van der Waals surface area contributed by atoms with Crippen LogP contribution in [0.5, 0.6) is 5.75 Å². The molecule has 0 amide bonds. The summed E-state index contributed by atoms with van der Waals surface area (Å²) in [6.07, 6.45) is 0.907. The molecule has 0 spiro atoms. The third-order valence-electron chi connectivity index (χ3n) is 3.64. The van der Waals surface area contributed by atoms with Crippen molar-refractivity contribution in [1.82, 2.24) is 0 Å². The second-order valence-corrected chi connectivity index (χ2v) is 7.19. The number of benzene rings is 2. The lowest BCUT2D eigenvalue weighted by Gasteiger charge is -2.38. The van der Waals surface area contributed by atoms with Gasteiger partial charge in [-0.15, -0.1) is 0 Å². The van der Waals surface area contributed by atoms with Crippen molar-refractivity contribution < 1.29 is 4.74 Å². The molecule has 0 fully saturated rings. The first-order chi connectivity index (χ1) is 9.94. The molecule has 1 atom stereocenters. The Labute approximate surface area is 138 Å². The number of para-hydroxylation sites is 1. The number of hydrogen-bond acceptors (Lipinski definition) is 2. The van der Waals surface area contributed by atoms with Crippen LogP contribution in [-0.4, -0.2) is 5.60 Å². The van der Waals surface area contributed by atoms with Gasteiger partial charge in [-0.25, -0.2) is 0 Å². The molecule has 0 saturated heterocycles. The molecule has 21 heavy (non-hydrogen) atoms. The molecule has 2 aromatic rings. The largest absolute Gasteiger partial charge is 0.487 e. The van der Waals surface area contributed by atoms with E-state index in [2.05, 4.69) is 41.2 Å². The van der Waals surface area contributed by atoms with Crippen LogP contribution < -0.4 is 10.1 Å². The van der Waals surface area contributed by atoms with E-state index >= 15 is 0 Å². The molecule has 0 aromatic heterocycles. The molecule has 0 radical (unpaired) electrons. The van der Waals surface area contributed by atoms with Crippen LogP contribution in [0.4, 0.5) is 5.69 Å². The van der Waals surface area contributed by atoms with E-state index in [9.17, 15) is 0 Å². The summed E-state index contributed by atoms with van der Waals surface area (Å²) >= 11 is 9.52. The van der Waals surface area contributed by atoms with E-state index in [0.717, 1.165) is 22.3 Å². The monoisotopic (exact) mass is 365 g/mol. The molecule has 1 unspecified atom stereocenters. The van der Waals surface area contributed by atoms with Crippen molar-refractivity contribution >= 4 is 33.2 Å². The van der Waals surface area contributed by atoms with Crippen LogP contribution in [-0.2, 0) is 0 Å². The first-order valence-corrected chi connectivity index (χ1v) is 8.11. The summed E-state index contributed by atoms with van der Waals surface area (Å²) in [4.78, 5) is 0. The Morgan fingerprint density at radius 2 is 2.00 bits per heavy atom. The summed E-state index contributed by atoms with van der Waals surface area (Å²) in [7, 11) is 0. The van der Waals surface area contributed by atoms with Crippen LogP contribution >= 0.6 is 27.5 Å². The predicted octanol–water partition coefficient (Wildman–Crippen LogP) is 5.82. The van der Waals surface area contributed by atoms with Crippen molar-refractivity contribution in [2.24, 2.45) is 0 Å². The van der Waals surface area contributed by atoms with Gasteiger partial charge in [-0.2, -0.15) is 0 Å². The minimum atomic E-state index is -0.185.